The van der Waals surface area contributed by atoms with Crippen molar-refractivity contribution in [3.05, 3.63) is 54.1 Å². The summed E-state index contributed by atoms with van der Waals surface area (Å²) in [5.41, 5.74) is 1.77. The predicted octanol–water partition coefficient (Wildman–Crippen LogP) is 0.950. The number of nitrogens with one attached hydrogen (secondary N) is 2. The predicted molar refractivity (Wildman–Crippen MR) is 94.9 cm³/mol. The SMILES string of the molecule is CN=C(NCCn1ccnc1)NCc1ccc(C(=O)N(C)C)cc1. The van der Waals surface area contributed by atoms with Gasteiger partial charge < -0.3 is 20.1 Å². The summed E-state index contributed by atoms with van der Waals surface area (Å²) in [5, 5.41) is 6.51. The molecule has 0 radical (unpaired) electrons. The molecule has 0 saturated carbocycles. The number of guanidine groups is 1. The largest absolute Gasteiger partial charge is 0.355 e. The zero-order valence-electron chi connectivity index (χ0n) is 14.4. The van der Waals surface area contributed by atoms with Crippen molar-refractivity contribution in [3.8, 4) is 0 Å². The van der Waals surface area contributed by atoms with Crippen LogP contribution in [0.2, 0.25) is 0 Å². The lowest BCUT2D eigenvalue weighted by Gasteiger charge is -2.13. The van der Waals surface area contributed by atoms with Crippen LogP contribution in [0.3, 0.4) is 0 Å². The van der Waals surface area contributed by atoms with Gasteiger partial charge in [-0.05, 0) is 17.7 Å². The third-order valence-electron chi connectivity index (χ3n) is 3.51. The third-order valence-corrected chi connectivity index (χ3v) is 3.51. The topological polar surface area (TPSA) is 74.5 Å². The summed E-state index contributed by atoms with van der Waals surface area (Å²) in [6, 6.07) is 7.58. The molecule has 0 saturated heterocycles. The van der Waals surface area contributed by atoms with Crippen LogP contribution in [0, 0.1) is 0 Å². The van der Waals surface area contributed by atoms with Crippen LogP contribution in [-0.4, -0.2) is 54.0 Å². The lowest BCUT2D eigenvalue weighted by Crippen LogP contribution is -2.38. The second-order valence-corrected chi connectivity index (χ2v) is 5.55. The van der Waals surface area contributed by atoms with Gasteiger partial charge in [-0.1, -0.05) is 12.1 Å². The molecule has 1 heterocycles. The third kappa shape index (κ3) is 5.12. The van der Waals surface area contributed by atoms with Gasteiger partial charge in [-0.3, -0.25) is 9.79 Å². The first kappa shape index (κ1) is 17.5. The van der Waals surface area contributed by atoms with Gasteiger partial charge in [0.1, 0.15) is 0 Å². The fourth-order valence-corrected chi connectivity index (χ4v) is 2.15. The van der Waals surface area contributed by atoms with E-state index in [9.17, 15) is 4.79 Å². The number of hydrogen-bond acceptors (Lipinski definition) is 3. The number of rotatable bonds is 6. The van der Waals surface area contributed by atoms with E-state index in [-0.39, 0.29) is 5.91 Å². The number of imidazole rings is 1. The summed E-state index contributed by atoms with van der Waals surface area (Å²) in [5.74, 6) is 0.745. The van der Waals surface area contributed by atoms with Crippen LogP contribution in [0.15, 0.2) is 48.0 Å². The van der Waals surface area contributed by atoms with Crippen LogP contribution in [-0.2, 0) is 13.1 Å². The number of amides is 1. The number of nitrogens with zero attached hydrogens (tertiary/aromatic N) is 4. The molecule has 1 amide bonds. The second-order valence-electron chi connectivity index (χ2n) is 5.55. The Hall–Kier alpha value is -2.83. The van der Waals surface area contributed by atoms with Crippen molar-refractivity contribution in [2.24, 2.45) is 4.99 Å². The quantitative estimate of drug-likeness (QED) is 0.612. The van der Waals surface area contributed by atoms with Crippen molar-refractivity contribution >= 4 is 11.9 Å². The van der Waals surface area contributed by atoms with E-state index in [1.165, 1.54) is 0 Å². The summed E-state index contributed by atoms with van der Waals surface area (Å²) in [4.78, 5) is 21.6. The molecule has 7 heteroatoms. The highest BCUT2D eigenvalue weighted by Crippen LogP contribution is 2.06. The van der Waals surface area contributed by atoms with Gasteiger partial charge in [-0.25, -0.2) is 4.98 Å². The number of aliphatic imine (C=N–C) groups is 1. The lowest BCUT2D eigenvalue weighted by atomic mass is 10.1. The van der Waals surface area contributed by atoms with Crippen molar-refractivity contribution < 1.29 is 4.79 Å². The van der Waals surface area contributed by atoms with Crippen LogP contribution in [0.25, 0.3) is 0 Å². The van der Waals surface area contributed by atoms with E-state index in [4.69, 9.17) is 0 Å². The highest BCUT2D eigenvalue weighted by molar-refractivity contribution is 5.93. The normalized spacial score (nSPS) is 11.2. The second kappa shape index (κ2) is 8.71. The van der Waals surface area contributed by atoms with Gasteiger partial charge >= 0.3 is 0 Å². The van der Waals surface area contributed by atoms with E-state index < -0.39 is 0 Å². The Balaban J connectivity index is 1.79. The van der Waals surface area contributed by atoms with Crippen LogP contribution < -0.4 is 10.6 Å². The standard InChI is InChI=1S/C17H24N6O/c1-18-17(20-9-11-23-10-8-19-13-23)21-12-14-4-6-15(7-5-14)16(24)22(2)3/h4-8,10,13H,9,11-12H2,1-3H3,(H2,18,20,21). The van der Waals surface area contributed by atoms with E-state index in [2.05, 4.69) is 20.6 Å². The van der Waals surface area contributed by atoms with Crippen molar-refractivity contribution in [1.29, 1.82) is 0 Å². The molecule has 0 unspecified atom stereocenters. The van der Waals surface area contributed by atoms with Crippen LogP contribution in [0.4, 0.5) is 0 Å². The van der Waals surface area contributed by atoms with Crippen LogP contribution >= 0.6 is 0 Å². The average molecular weight is 328 g/mol. The van der Waals surface area contributed by atoms with Crippen molar-refractivity contribution in [2.45, 2.75) is 13.1 Å². The molecule has 24 heavy (non-hydrogen) atoms. The van der Waals surface area contributed by atoms with Gasteiger partial charge in [0, 0.05) is 58.7 Å². The Morgan fingerprint density at radius 2 is 2.00 bits per heavy atom. The molecule has 0 atom stereocenters. The molecule has 0 aliphatic rings. The van der Waals surface area contributed by atoms with Crippen LogP contribution in [0.5, 0.6) is 0 Å². The smallest absolute Gasteiger partial charge is 0.253 e. The maximum absolute atomic E-state index is 11.9. The van der Waals surface area contributed by atoms with E-state index >= 15 is 0 Å². The molecule has 2 rings (SSSR count). The molecule has 0 bridgehead atoms. The lowest BCUT2D eigenvalue weighted by molar-refractivity contribution is 0.0827. The van der Waals surface area contributed by atoms with Gasteiger partial charge in [0.05, 0.1) is 6.33 Å². The summed E-state index contributed by atoms with van der Waals surface area (Å²) < 4.78 is 2.00. The Morgan fingerprint density at radius 3 is 2.58 bits per heavy atom. The molecule has 128 valence electrons. The maximum Gasteiger partial charge on any atom is 0.253 e. The Bertz CT molecular complexity index is 661. The minimum absolute atomic E-state index is 0.00601. The summed E-state index contributed by atoms with van der Waals surface area (Å²) >= 11 is 0. The molecule has 0 spiro atoms. The van der Waals surface area contributed by atoms with Crippen molar-refractivity contribution in [1.82, 2.24) is 25.1 Å². The molecular weight excluding hydrogens is 304 g/mol. The van der Waals surface area contributed by atoms with Crippen molar-refractivity contribution in [3.63, 3.8) is 0 Å². The van der Waals surface area contributed by atoms with E-state index in [0.29, 0.717) is 12.1 Å². The van der Waals surface area contributed by atoms with Gasteiger partial charge in [0.15, 0.2) is 5.96 Å². The van der Waals surface area contributed by atoms with E-state index in [1.807, 2.05) is 35.0 Å². The minimum Gasteiger partial charge on any atom is -0.355 e. The fourth-order valence-electron chi connectivity index (χ4n) is 2.15. The zero-order chi connectivity index (χ0) is 17.4. The van der Waals surface area contributed by atoms with Gasteiger partial charge in [-0.2, -0.15) is 0 Å². The van der Waals surface area contributed by atoms with Crippen molar-refractivity contribution in [2.75, 3.05) is 27.7 Å². The minimum atomic E-state index is 0.00601. The molecule has 2 aromatic rings. The maximum atomic E-state index is 11.9. The molecular formula is C17H24N6O. The highest BCUT2D eigenvalue weighted by atomic mass is 16.2. The van der Waals surface area contributed by atoms with E-state index in [1.54, 1.807) is 38.6 Å². The first-order valence-electron chi connectivity index (χ1n) is 7.81. The molecule has 1 aromatic carbocycles. The molecule has 0 aliphatic carbocycles. The van der Waals surface area contributed by atoms with Gasteiger partial charge in [-0.15, -0.1) is 0 Å². The molecule has 2 N–H and O–H groups in total. The number of carbonyl (C=O) groups is 1. The fraction of sp³-hybridized carbons (Fsp3) is 0.353. The molecule has 0 fully saturated rings. The molecule has 1 aromatic heterocycles. The summed E-state index contributed by atoms with van der Waals surface area (Å²) in [6.07, 6.45) is 5.47. The number of hydrogen-bond donors (Lipinski definition) is 2. The molecule has 0 aliphatic heterocycles. The number of aromatic nitrogens is 2. The first-order chi connectivity index (χ1) is 11.6. The Morgan fingerprint density at radius 1 is 1.25 bits per heavy atom. The Labute approximate surface area is 142 Å². The summed E-state index contributed by atoms with van der Waals surface area (Å²) in [7, 11) is 5.24. The monoisotopic (exact) mass is 328 g/mol. The van der Waals surface area contributed by atoms with Gasteiger partial charge in [0.25, 0.3) is 5.91 Å². The van der Waals surface area contributed by atoms with Crippen LogP contribution in [0.1, 0.15) is 15.9 Å². The average Bonchev–Trinajstić information content (AvgIpc) is 3.11. The number of carbonyl (C=O) groups excluding carboxylic acids is 1. The Kier molecular flexibility index (Phi) is 6.36. The highest BCUT2D eigenvalue weighted by Gasteiger charge is 2.07. The number of benzene rings is 1. The summed E-state index contributed by atoms with van der Waals surface area (Å²) in [6.45, 7) is 2.22. The zero-order valence-corrected chi connectivity index (χ0v) is 14.4. The van der Waals surface area contributed by atoms with E-state index in [0.717, 1.165) is 24.6 Å². The first-order valence-corrected chi connectivity index (χ1v) is 7.81. The van der Waals surface area contributed by atoms with Gasteiger partial charge in [0.2, 0.25) is 0 Å². The molecule has 7 nitrogen and oxygen atoms in total.